The van der Waals surface area contributed by atoms with Crippen molar-refractivity contribution in [1.82, 2.24) is 20.1 Å². The molecule has 0 saturated carbocycles. The van der Waals surface area contributed by atoms with Gasteiger partial charge in [0.1, 0.15) is 0 Å². The first-order valence-electron chi connectivity index (χ1n) is 9.72. The Morgan fingerprint density at radius 2 is 2.09 bits per heavy atom. The SMILES string of the molecule is Cc1c(C(C)NC(=O)Cc2csc(-c3ccco3)n2)cnn1-c1cccc(C(F)(F)F)c1. The Kier molecular flexibility index (Phi) is 5.88. The predicted octanol–water partition coefficient (Wildman–Crippen LogP) is 5.34. The van der Waals surface area contributed by atoms with E-state index >= 15 is 0 Å². The summed E-state index contributed by atoms with van der Waals surface area (Å²) < 4.78 is 45.9. The molecule has 6 nitrogen and oxygen atoms in total. The summed E-state index contributed by atoms with van der Waals surface area (Å²) in [5.41, 5.74) is 1.54. The number of furan rings is 1. The van der Waals surface area contributed by atoms with E-state index in [0.717, 1.165) is 12.1 Å². The van der Waals surface area contributed by atoms with Crippen molar-refractivity contribution < 1.29 is 22.4 Å². The summed E-state index contributed by atoms with van der Waals surface area (Å²) in [6.45, 7) is 3.55. The molecule has 166 valence electrons. The number of carbonyl (C=O) groups excluding carboxylic acids is 1. The minimum absolute atomic E-state index is 0.0996. The van der Waals surface area contributed by atoms with Crippen LogP contribution in [0.2, 0.25) is 0 Å². The molecule has 4 aromatic rings. The van der Waals surface area contributed by atoms with Gasteiger partial charge in [0.25, 0.3) is 0 Å². The van der Waals surface area contributed by atoms with Crippen molar-refractivity contribution in [2.45, 2.75) is 32.5 Å². The van der Waals surface area contributed by atoms with Gasteiger partial charge in [0.2, 0.25) is 5.91 Å². The minimum Gasteiger partial charge on any atom is -0.462 e. The average molecular weight is 460 g/mol. The van der Waals surface area contributed by atoms with Gasteiger partial charge < -0.3 is 9.73 Å². The van der Waals surface area contributed by atoms with Gasteiger partial charge in [-0.2, -0.15) is 18.3 Å². The van der Waals surface area contributed by atoms with Crippen LogP contribution in [-0.4, -0.2) is 20.7 Å². The molecule has 4 rings (SSSR count). The molecule has 0 aliphatic carbocycles. The summed E-state index contributed by atoms with van der Waals surface area (Å²) in [7, 11) is 0. The van der Waals surface area contributed by atoms with Crippen LogP contribution in [0.5, 0.6) is 0 Å². The first-order chi connectivity index (χ1) is 15.2. The van der Waals surface area contributed by atoms with Crippen molar-refractivity contribution >= 4 is 17.2 Å². The van der Waals surface area contributed by atoms with Crippen molar-refractivity contribution in [1.29, 1.82) is 0 Å². The second-order valence-electron chi connectivity index (χ2n) is 7.23. The molecule has 3 aromatic heterocycles. The highest BCUT2D eigenvalue weighted by Crippen LogP contribution is 2.31. The van der Waals surface area contributed by atoms with Gasteiger partial charge in [0.15, 0.2) is 10.8 Å². The molecular weight excluding hydrogens is 441 g/mol. The Morgan fingerprint density at radius 1 is 1.28 bits per heavy atom. The van der Waals surface area contributed by atoms with E-state index in [1.54, 1.807) is 49.9 Å². The van der Waals surface area contributed by atoms with Gasteiger partial charge in [-0.15, -0.1) is 11.3 Å². The van der Waals surface area contributed by atoms with E-state index in [4.69, 9.17) is 4.42 Å². The maximum atomic E-state index is 13.0. The third kappa shape index (κ3) is 4.59. The second-order valence-corrected chi connectivity index (χ2v) is 8.09. The number of rotatable bonds is 6. The number of aromatic nitrogens is 3. The maximum absolute atomic E-state index is 13.0. The lowest BCUT2D eigenvalue weighted by molar-refractivity contribution is -0.137. The first-order valence-corrected chi connectivity index (χ1v) is 10.6. The molecule has 0 radical (unpaired) electrons. The molecule has 0 saturated heterocycles. The standard InChI is InChI=1S/C22H19F3N4O2S/c1-13(27-20(30)10-16-12-32-21(28-16)19-7-4-8-31-19)18-11-26-29(14(18)2)17-6-3-5-15(9-17)22(23,24)25/h3-9,11-13H,10H2,1-2H3,(H,27,30). The molecule has 0 bridgehead atoms. The number of hydrogen-bond acceptors (Lipinski definition) is 5. The highest BCUT2D eigenvalue weighted by atomic mass is 32.1. The van der Waals surface area contributed by atoms with E-state index in [1.807, 2.05) is 0 Å². The molecule has 32 heavy (non-hydrogen) atoms. The van der Waals surface area contributed by atoms with Gasteiger partial charge in [-0.05, 0) is 44.2 Å². The third-order valence-corrected chi connectivity index (χ3v) is 5.84. The number of amides is 1. The van der Waals surface area contributed by atoms with Gasteiger partial charge in [-0.3, -0.25) is 4.79 Å². The summed E-state index contributed by atoms with van der Waals surface area (Å²) in [6, 6.07) is 8.15. The molecule has 1 amide bonds. The van der Waals surface area contributed by atoms with Gasteiger partial charge in [-0.1, -0.05) is 6.07 Å². The molecule has 3 heterocycles. The molecular formula is C22H19F3N4O2S. The van der Waals surface area contributed by atoms with E-state index in [2.05, 4.69) is 15.4 Å². The zero-order chi connectivity index (χ0) is 22.9. The summed E-state index contributed by atoms with van der Waals surface area (Å²) in [4.78, 5) is 16.9. The molecule has 1 aromatic carbocycles. The van der Waals surface area contributed by atoms with Crippen molar-refractivity contribution in [3.05, 3.63) is 76.8 Å². The molecule has 1 N–H and O–H groups in total. The quantitative estimate of drug-likeness (QED) is 0.422. The maximum Gasteiger partial charge on any atom is 0.416 e. The fourth-order valence-electron chi connectivity index (χ4n) is 3.36. The number of halogens is 3. The molecule has 10 heteroatoms. The number of alkyl halides is 3. The van der Waals surface area contributed by atoms with Crippen LogP contribution in [0.15, 0.2) is 58.7 Å². The van der Waals surface area contributed by atoms with Crippen molar-refractivity contribution in [2.24, 2.45) is 0 Å². The van der Waals surface area contributed by atoms with Gasteiger partial charge in [0, 0.05) is 16.6 Å². The first kappa shape index (κ1) is 21.8. The Balaban J connectivity index is 1.45. The number of hydrogen-bond donors (Lipinski definition) is 1. The molecule has 0 spiro atoms. The highest BCUT2D eigenvalue weighted by Gasteiger charge is 2.30. The predicted molar refractivity (Wildman–Crippen MR) is 113 cm³/mol. The minimum atomic E-state index is -4.44. The fraction of sp³-hybridized carbons (Fsp3) is 0.227. The molecule has 1 unspecified atom stereocenters. The lowest BCUT2D eigenvalue weighted by Gasteiger charge is -2.14. The zero-order valence-electron chi connectivity index (χ0n) is 17.2. The molecule has 0 fully saturated rings. The number of nitrogens with one attached hydrogen (secondary N) is 1. The normalized spacial score (nSPS) is 12.7. The van der Waals surface area contributed by atoms with E-state index in [9.17, 15) is 18.0 Å². The van der Waals surface area contributed by atoms with Crippen LogP contribution in [0.25, 0.3) is 16.5 Å². The van der Waals surface area contributed by atoms with Crippen molar-refractivity contribution in [3.63, 3.8) is 0 Å². The van der Waals surface area contributed by atoms with Crippen molar-refractivity contribution in [3.8, 4) is 16.5 Å². The van der Waals surface area contributed by atoms with Crippen LogP contribution in [-0.2, 0) is 17.4 Å². The summed E-state index contributed by atoms with van der Waals surface area (Å²) in [6.07, 6.45) is -1.22. The molecule has 0 aliphatic heterocycles. The Bertz CT molecular complexity index is 1230. The third-order valence-electron chi connectivity index (χ3n) is 4.94. The van der Waals surface area contributed by atoms with Crippen molar-refractivity contribution in [2.75, 3.05) is 0 Å². The Hall–Kier alpha value is -3.40. The van der Waals surface area contributed by atoms with Crippen LogP contribution in [0.3, 0.4) is 0 Å². The monoisotopic (exact) mass is 460 g/mol. The largest absolute Gasteiger partial charge is 0.462 e. The Labute approximate surface area is 185 Å². The lowest BCUT2D eigenvalue weighted by Crippen LogP contribution is -2.28. The van der Waals surface area contributed by atoms with Crippen LogP contribution in [0.1, 0.15) is 35.5 Å². The lowest BCUT2D eigenvalue weighted by atomic mass is 10.1. The van der Waals surface area contributed by atoms with Gasteiger partial charge in [-0.25, -0.2) is 9.67 Å². The average Bonchev–Trinajstić information content (AvgIpc) is 3.48. The molecule has 0 aliphatic rings. The number of thiazole rings is 1. The highest BCUT2D eigenvalue weighted by molar-refractivity contribution is 7.13. The van der Waals surface area contributed by atoms with Crippen LogP contribution < -0.4 is 5.32 Å². The topological polar surface area (TPSA) is 73.0 Å². The fourth-order valence-corrected chi connectivity index (χ4v) is 4.14. The Morgan fingerprint density at radius 3 is 2.81 bits per heavy atom. The van der Waals surface area contributed by atoms with Gasteiger partial charge >= 0.3 is 6.18 Å². The summed E-state index contributed by atoms with van der Waals surface area (Å²) in [5, 5.41) is 9.63. The van der Waals surface area contributed by atoms with E-state index in [-0.39, 0.29) is 18.4 Å². The number of carbonyl (C=O) groups is 1. The summed E-state index contributed by atoms with van der Waals surface area (Å²) >= 11 is 1.39. The van der Waals surface area contributed by atoms with Gasteiger partial charge in [0.05, 0.1) is 41.9 Å². The zero-order valence-corrected chi connectivity index (χ0v) is 18.0. The van der Waals surface area contributed by atoms with E-state index in [1.165, 1.54) is 22.1 Å². The van der Waals surface area contributed by atoms with Crippen LogP contribution in [0.4, 0.5) is 13.2 Å². The number of nitrogens with zero attached hydrogens (tertiary/aromatic N) is 3. The van der Waals surface area contributed by atoms with Crippen LogP contribution in [0, 0.1) is 6.92 Å². The summed E-state index contributed by atoms with van der Waals surface area (Å²) in [5.74, 6) is 0.424. The van der Waals surface area contributed by atoms with E-state index in [0.29, 0.717) is 33.4 Å². The molecule has 1 atom stereocenters. The van der Waals surface area contributed by atoms with Crippen LogP contribution >= 0.6 is 11.3 Å². The smallest absolute Gasteiger partial charge is 0.416 e. The van der Waals surface area contributed by atoms with E-state index < -0.39 is 11.7 Å². The number of benzene rings is 1. The second kappa shape index (κ2) is 8.62.